The molecule has 2 aliphatic rings. The molecule has 2 aliphatic heterocycles. The van der Waals surface area contributed by atoms with Crippen molar-refractivity contribution in [3.8, 4) is 0 Å². The van der Waals surface area contributed by atoms with E-state index in [-0.39, 0.29) is 33.0 Å². The normalized spacial score (nSPS) is 17.7. The lowest BCUT2D eigenvalue weighted by Crippen LogP contribution is -2.43. The molecule has 1 aromatic heterocycles. The molecule has 11 nitrogen and oxygen atoms in total. The third-order valence-electron chi connectivity index (χ3n) is 7.18. The molecule has 4 rings (SSSR count). The van der Waals surface area contributed by atoms with E-state index in [1.165, 1.54) is 49.6 Å². The third-order valence-corrected chi connectivity index (χ3v) is 10.3. The summed E-state index contributed by atoms with van der Waals surface area (Å²) < 4.78 is 28.1. The van der Waals surface area contributed by atoms with Gasteiger partial charge in [-0.2, -0.15) is 4.31 Å². The predicted molar refractivity (Wildman–Crippen MR) is 147 cm³/mol. The summed E-state index contributed by atoms with van der Waals surface area (Å²) in [7, 11) is -2.30. The van der Waals surface area contributed by atoms with Crippen molar-refractivity contribution >= 4 is 50.1 Å². The summed E-state index contributed by atoms with van der Waals surface area (Å²) in [6.07, 6.45) is 3.80. The number of piperidine rings is 1. The first kappa shape index (κ1) is 28.7. The molecule has 1 fully saturated rings. The smallest absolute Gasteiger partial charge is 0.321 e. The van der Waals surface area contributed by atoms with E-state index in [0.717, 1.165) is 30.6 Å². The van der Waals surface area contributed by atoms with Crippen molar-refractivity contribution in [2.45, 2.75) is 63.4 Å². The molecule has 1 unspecified atom stereocenters. The van der Waals surface area contributed by atoms with E-state index in [0.29, 0.717) is 31.6 Å². The minimum absolute atomic E-state index is 0.0325. The Kier molecular flexibility index (Phi) is 8.72. The Hall–Kier alpha value is -3.29. The molecule has 1 aromatic carbocycles. The molecular weight excluding hydrogens is 542 g/mol. The Morgan fingerprint density at radius 2 is 1.77 bits per heavy atom. The first-order valence-electron chi connectivity index (χ1n) is 12.9. The number of fused-ring (bicyclic) bond motifs is 1. The van der Waals surface area contributed by atoms with Crippen LogP contribution >= 0.6 is 11.3 Å². The van der Waals surface area contributed by atoms with Crippen LogP contribution in [-0.2, 0) is 27.8 Å². The van der Waals surface area contributed by atoms with Gasteiger partial charge in [-0.05, 0) is 55.5 Å². The number of imide groups is 1. The summed E-state index contributed by atoms with van der Waals surface area (Å²) in [5.74, 6) is -1.29. The van der Waals surface area contributed by atoms with Crippen molar-refractivity contribution in [3.05, 3.63) is 45.8 Å². The molecular formula is C26H33N5O6S2. The van der Waals surface area contributed by atoms with Gasteiger partial charge in [0, 0.05) is 43.5 Å². The fourth-order valence-electron chi connectivity index (χ4n) is 5.02. The predicted octanol–water partition coefficient (Wildman–Crippen LogP) is 2.93. The maximum absolute atomic E-state index is 13.3. The quantitative estimate of drug-likeness (QED) is 0.483. The van der Waals surface area contributed by atoms with Gasteiger partial charge in [-0.15, -0.1) is 11.3 Å². The number of hydrogen-bond acceptors (Lipinski definition) is 7. The molecule has 3 N–H and O–H groups in total. The highest BCUT2D eigenvalue weighted by atomic mass is 32.2. The Morgan fingerprint density at radius 3 is 2.41 bits per heavy atom. The highest BCUT2D eigenvalue weighted by Crippen LogP contribution is 2.37. The van der Waals surface area contributed by atoms with E-state index >= 15 is 0 Å². The second-order valence-electron chi connectivity index (χ2n) is 9.58. The largest absolute Gasteiger partial charge is 0.341 e. The zero-order chi connectivity index (χ0) is 28.3. The number of hydrogen-bond donors (Lipinski definition) is 3. The molecule has 0 saturated carbocycles. The average Bonchev–Trinajstić information content (AvgIpc) is 3.29. The lowest BCUT2D eigenvalue weighted by molar-refractivity contribution is -0.129. The third kappa shape index (κ3) is 5.99. The van der Waals surface area contributed by atoms with E-state index in [4.69, 9.17) is 0 Å². The number of nitrogens with zero attached hydrogens (tertiary/aromatic N) is 2. The van der Waals surface area contributed by atoms with Gasteiger partial charge in [0.25, 0.3) is 11.8 Å². The summed E-state index contributed by atoms with van der Waals surface area (Å²) >= 11 is 1.18. The van der Waals surface area contributed by atoms with Gasteiger partial charge in [-0.25, -0.2) is 13.2 Å². The van der Waals surface area contributed by atoms with Gasteiger partial charge in [0.2, 0.25) is 15.9 Å². The lowest BCUT2D eigenvalue weighted by atomic mass is 10.0. The summed E-state index contributed by atoms with van der Waals surface area (Å²) in [5, 5.41) is 7.60. The van der Waals surface area contributed by atoms with Crippen LogP contribution in [0.5, 0.6) is 0 Å². The molecule has 0 bridgehead atoms. The Labute approximate surface area is 232 Å². The van der Waals surface area contributed by atoms with Crippen LogP contribution in [0.3, 0.4) is 0 Å². The van der Waals surface area contributed by atoms with Crippen LogP contribution in [-0.4, -0.2) is 67.6 Å². The van der Waals surface area contributed by atoms with Crippen LogP contribution in [0.1, 0.15) is 70.7 Å². The number of nitrogens with one attached hydrogen (secondary N) is 3. The monoisotopic (exact) mass is 575 g/mol. The van der Waals surface area contributed by atoms with Gasteiger partial charge in [-0.1, -0.05) is 13.3 Å². The van der Waals surface area contributed by atoms with Crippen molar-refractivity contribution < 1.29 is 27.6 Å². The molecule has 1 atom stereocenters. The number of carbonyl (C=O) groups is 4. The summed E-state index contributed by atoms with van der Waals surface area (Å²) in [6.45, 7) is 4.65. The number of urea groups is 1. The molecule has 210 valence electrons. The highest BCUT2D eigenvalue weighted by molar-refractivity contribution is 7.89. The zero-order valence-corrected chi connectivity index (χ0v) is 23.8. The maximum atomic E-state index is 13.3. The SMILES string of the molecule is CCC1CCCCN1S(=O)(=O)c1ccc(C(=O)Nc2sc3c(c2C(=O)NC(=O)NC)CCN(C(C)=O)C3)cc1. The number of benzene rings is 1. The first-order chi connectivity index (χ1) is 18.6. The number of rotatable bonds is 6. The minimum Gasteiger partial charge on any atom is -0.341 e. The zero-order valence-electron chi connectivity index (χ0n) is 22.2. The van der Waals surface area contributed by atoms with Crippen LogP contribution in [0, 0.1) is 0 Å². The molecule has 0 aliphatic carbocycles. The van der Waals surface area contributed by atoms with Crippen LogP contribution in [0.4, 0.5) is 9.80 Å². The van der Waals surface area contributed by atoms with Crippen LogP contribution in [0.2, 0.25) is 0 Å². The summed E-state index contributed by atoms with van der Waals surface area (Å²) in [4.78, 5) is 52.4. The molecule has 13 heteroatoms. The van der Waals surface area contributed by atoms with Crippen molar-refractivity contribution in [3.63, 3.8) is 0 Å². The van der Waals surface area contributed by atoms with Gasteiger partial charge >= 0.3 is 6.03 Å². The van der Waals surface area contributed by atoms with E-state index in [9.17, 15) is 27.6 Å². The van der Waals surface area contributed by atoms with E-state index in [1.807, 2.05) is 6.92 Å². The second kappa shape index (κ2) is 11.8. The fraction of sp³-hybridized carbons (Fsp3) is 0.462. The van der Waals surface area contributed by atoms with Gasteiger partial charge in [0.15, 0.2) is 0 Å². The number of carbonyl (C=O) groups excluding carboxylic acids is 4. The molecule has 5 amide bonds. The summed E-state index contributed by atoms with van der Waals surface area (Å²) in [6, 6.07) is 5.03. The standard InChI is InChI=1S/C26H33N5O6S2/c1-4-18-7-5-6-13-31(18)39(36,37)19-10-8-17(9-11-19)23(33)28-25-22(24(34)29-26(35)27-3)20-12-14-30(16(2)32)15-21(20)38-25/h8-11,18H,4-7,12-15H2,1-3H3,(H,28,33)(H2,27,29,34,35). The highest BCUT2D eigenvalue weighted by Gasteiger charge is 2.33. The Morgan fingerprint density at radius 1 is 1.05 bits per heavy atom. The van der Waals surface area contributed by atoms with Crippen LogP contribution in [0.15, 0.2) is 29.2 Å². The first-order valence-corrected chi connectivity index (χ1v) is 15.2. The molecule has 3 heterocycles. The van der Waals surface area contributed by atoms with Gasteiger partial charge in [0.1, 0.15) is 5.00 Å². The molecule has 39 heavy (non-hydrogen) atoms. The minimum atomic E-state index is -3.69. The Balaban J connectivity index is 1.58. The van der Waals surface area contributed by atoms with Crippen molar-refractivity contribution in [1.29, 1.82) is 0 Å². The van der Waals surface area contributed by atoms with Crippen LogP contribution in [0.25, 0.3) is 0 Å². The maximum Gasteiger partial charge on any atom is 0.321 e. The number of amides is 5. The number of sulfonamides is 1. The van der Waals surface area contributed by atoms with E-state index in [2.05, 4.69) is 16.0 Å². The summed E-state index contributed by atoms with van der Waals surface area (Å²) in [5.41, 5.74) is 1.08. The molecule has 0 spiro atoms. The van der Waals surface area contributed by atoms with E-state index < -0.39 is 27.9 Å². The van der Waals surface area contributed by atoms with Crippen molar-refractivity contribution in [2.24, 2.45) is 0 Å². The molecule has 0 radical (unpaired) electrons. The number of thiophene rings is 1. The average molecular weight is 576 g/mol. The van der Waals surface area contributed by atoms with Crippen molar-refractivity contribution in [2.75, 3.05) is 25.5 Å². The lowest BCUT2D eigenvalue weighted by Gasteiger charge is -2.34. The topological polar surface area (TPSA) is 145 Å². The number of anilines is 1. The van der Waals surface area contributed by atoms with Crippen molar-refractivity contribution in [1.82, 2.24) is 19.8 Å². The molecule has 2 aromatic rings. The second-order valence-corrected chi connectivity index (χ2v) is 12.6. The van der Waals surface area contributed by atoms with Gasteiger partial charge in [-0.3, -0.25) is 19.7 Å². The van der Waals surface area contributed by atoms with Gasteiger partial charge in [0.05, 0.1) is 17.0 Å². The van der Waals surface area contributed by atoms with E-state index in [1.54, 1.807) is 9.21 Å². The van der Waals surface area contributed by atoms with Crippen LogP contribution < -0.4 is 16.0 Å². The van der Waals surface area contributed by atoms with Gasteiger partial charge < -0.3 is 15.5 Å². The molecule has 1 saturated heterocycles. The fourth-order valence-corrected chi connectivity index (χ4v) is 8.04. The Bertz CT molecular complexity index is 1390.